The zero-order chi connectivity index (χ0) is 17.7. The Bertz CT molecular complexity index is 598. The van der Waals surface area contributed by atoms with E-state index in [1.807, 2.05) is 36.9 Å². The third-order valence-electron chi connectivity index (χ3n) is 5.01. The molecule has 0 spiro atoms. The van der Waals surface area contributed by atoms with Crippen molar-refractivity contribution in [2.45, 2.75) is 52.2 Å². The first kappa shape index (κ1) is 18.5. The fourth-order valence-corrected chi connectivity index (χ4v) is 2.88. The molecule has 1 aromatic carbocycles. The number of likely N-dealkylation sites (tertiary alicyclic amines) is 1. The average Bonchev–Trinajstić information content (AvgIpc) is 2.97. The fraction of sp³-hybridized carbons (Fsp3) is 0.579. The van der Waals surface area contributed by atoms with Crippen LogP contribution in [0.15, 0.2) is 24.3 Å². The Morgan fingerprint density at radius 3 is 2.83 bits per heavy atom. The summed E-state index contributed by atoms with van der Waals surface area (Å²) in [6.07, 6.45) is 2.37. The van der Waals surface area contributed by atoms with Crippen molar-refractivity contribution in [1.29, 1.82) is 0 Å². The molecule has 0 radical (unpaired) electrons. The van der Waals surface area contributed by atoms with Crippen molar-refractivity contribution in [2.24, 2.45) is 5.92 Å². The lowest BCUT2D eigenvalue weighted by atomic mass is 9.88. The maximum absolute atomic E-state index is 12.4. The predicted octanol–water partition coefficient (Wildman–Crippen LogP) is 2.34. The van der Waals surface area contributed by atoms with E-state index >= 15 is 0 Å². The van der Waals surface area contributed by atoms with Crippen molar-refractivity contribution in [3.8, 4) is 0 Å². The molecule has 1 aliphatic heterocycles. The number of nitrogens with zero attached hydrogens (tertiary/aromatic N) is 1. The smallest absolute Gasteiger partial charge is 0.251 e. The summed E-state index contributed by atoms with van der Waals surface area (Å²) in [6.45, 7) is 7.29. The third-order valence-corrected chi connectivity index (χ3v) is 5.01. The topological polar surface area (TPSA) is 69.6 Å². The zero-order valence-electron chi connectivity index (χ0n) is 14.8. The number of rotatable bonds is 7. The first-order chi connectivity index (χ1) is 11.3. The van der Waals surface area contributed by atoms with Crippen LogP contribution < -0.4 is 5.32 Å². The molecular formula is C19H28N2O3. The molecule has 5 heteroatoms. The average molecular weight is 332 g/mol. The van der Waals surface area contributed by atoms with Gasteiger partial charge in [-0.3, -0.25) is 9.59 Å². The Kier molecular flexibility index (Phi) is 5.99. The minimum Gasteiger partial charge on any atom is -0.388 e. The van der Waals surface area contributed by atoms with Crippen LogP contribution in [-0.4, -0.2) is 40.5 Å². The standard InChI is InChI=1S/C19H28N2O3/c1-4-14(2)19(3,24)13-20-18(23)16-8-5-7-15(11-16)12-21-10-6-9-17(21)22/h5,7-8,11,14,24H,4,6,9-10,12-13H2,1-3H3,(H,20,23). The molecule has 132 valence electrons. The summed E-state index contributed by atoms with van der Waals surface area (Å²) in [6, 6.07) is 7.33. The summed E-state index contributed by atoms with van der Waals surface area (Å²) in [5.41, 5.74) is 0.579. The van der Waals surface area contributed by atoms with E-state index in [1.165, 1.54) is 0 Å². The lowest BCUT2D eigenvalue weighted by molar-refractivity contribution is -0.128. The quantitative estimate of drug-likeness (QED) is 0.805. The molecule has 2 amide bonds. The molecule has 1 saturated heterocycles. The monoisotopic (exact) mass is 332 g/mol. The summed E-state index contributed by atoms with van der Waals surface area (Å²) >= 11 is 0. The van der Waals surface area contributed by atoms with Crippen LogP contribution in [0.3, 0.4) is 0 Å². The van der Waals surface area contributed by atoms with Crippen molar-refractivity contribution in [3.05, 3.63) is 35.4 Å². The number of carbonyl (C=O) groups is 2. The van der Waals surface area contributed by atoms with Crippen molar-refractivity contribution >= 4 is 11.8 Å². The van der Waals surface area contributed by atoms with Crippen LogP contribution in [0.5, 0.6) is 0 Å². The van der Waals surface area contributed by atoms with Gasteiger partial charge in [0.2, 0.25) is 5.91 Å². The van der Waals surface area contributed by atoms with Gasteiger partial charge in [0.05, 0.1) is 5.60 Å². The van der Waals surface area contributed by atoms with Gasteiger partial charge in [0.25, 0.3) is 5.91 Å². The van der Waals surface area contributed by atoms with Crippen LogP contribution in [0.25, 0.3) is 0 Å². The van der Waals surface area contributed by atoms with Crippen molar-refractivity contribution < 1.29 is 14.7 Å². The largest absolute Gasteiger partial charge is 0.388 e. The van der Waals surface area contributed by atoms with Crippen molar-refractivity contribution in [2.75, 3.05) is 13.1 Å². The van der Waals surface area contributed by atoms with Crippen LogP contribution in [0, 0.1) is 5.92 Å². The Labute approximate surface area is 144 Å². The second-order valence-corrected chi connectivity index (χ2v) is 6.97. The van der Waals surface area contributed by atoms with Crippen LogP contribution in [0.1, 0.15) is 56.0 Å². The van der Waals surface area contributed by atoms with Crippen LogP contribution in [0.2, 0.25) is 0 Å². The van der Waals surface area contributed by atoms with Crippen LogP contribution in [0.4, 0.5) is 0 Å². The van der Waals surface area contributed by atoms with Crippen LogP contribution in [-0.2, 0) is 11.3 Å². The second-order valence-electron chi connectivity index (χ2n) is 6.97. The molecule has 1 aromatic rings. The summed E-state index contributed by atoms with van der Waals surface area (Å²) in [7, 11) is 0. The molecule has 2 rings (SSSR count). The molecule has 5 nitrogen and oxygen atoms in total. The Morgan fingerprint density at radius 2 is 2.21 bits per heavy atom. The first-order valence-electron chi connectivity index (χ1n) is 8.70. The number of benzene rings is 1. The Morgan fingerprint density at radius 1 is 1.46 bits per heavy atom. The summed E-state index contributed by atoms with van der Waals surface area (Å²) in [5, 5.41) is 13.2. The fourth-order valence-electron chi connectivity index (χ4n) is 2.88. The van der Waals surface area contributed by atoms with E-state index in [9.17, 15) is 14.7 Å². The van der Waals surface area contributed by atoms with Gasteiger partial charge in [0, 0.05) is 31.6 Å². The van der Waals surface area contributed by atoms with E-state index in [0.29, 0.717) is 18.5 Å². The maximum Gasteiger partial charge on any atom is 0.251 e. The molecule has 0 aromatic heterocycles. The zero-order valence-corrected chi connectivity index (χ0v) is 14.8. The number of nitrogens with one attached hydrogen (secondary N) is 1. The number of carbonyl (C=O) groups excluding carboxylic acids is 2. The molecule has 2 N–H and O–H groups in total. The van der Waals surface area contributed by atoms with E-state index in [0.717, 1.165) is 24.9 Å². The number of aliphatic hydroxyl groups is 1. The van der Waals surface area contributed by atoms with E-state index in [-0.39, 0.29) is 24.3 Å². The number of hydrogen-bond acceptors (Lipinski definition) is 3. The highest BCUT2D eigenvalue weighted by molar-refractivity contribution is 5.94. The van der Waals surface area contributed by atoms with Crippen LogP contribution >= 0.6 is 0 Å². The molecule has 24 heavy (non-hydrogen) atoms. The van der Waals surface area contributed by atoms with Gasteiger partial charge in [-0.1, -0.05) is 32.4 Å². The molecule has 0 saturated carbocycles. The molecule has 0 aliphatic carbocycles. The van der Waals surface area contributed by atoms with Gasteiger partial charge in [0.15, 0.2) is 0 Å². The van der Waals surface area contributed by atoms with Gasteiger partial charge in [-0.2, -0.15) is 0 Å². The van der Waals surface area contributed by atoms with Gasteiger partial charge in [-0.05, 0) is 37.0 Å². The minimum absolute atomic E-state index is 0.102. The highest BCUT2D eigenvalue weighted by Crippen LogP contribution is 2.19. The van der Waals surface area contributed by atoms with E-state index < -0.39 is 5.60 Å². The summed E-state index contributed by atoms with van der Waals surface area (Å²) < 4.78 is 0. The van der Waals surface area contributed by atoms with E-state index in [2.05, 4.69) is 5.32 Å². The lowest BCUT2D eigenvalue weighted by Gasteiger charge is -2.29. The van der Waals surface area contributed by atoms with Crippen molar-refractivity contribution in [1.82, 2.24) is 10.2 Å². The lowest BCUT2D eigenvalue weighted by Crippen LogP contribution is -2.45. The molecule has 1 aliphatic rings. The predicted molar refractivity (Wildman–Crippen MR) is 93.5 cm³/mol. The van der Waals surface area contributed by atoms with Crippen molar-refractivity contribution in [3.63, 3.8) is 0 Å². The molecule has 0 bridgehead atoms. The van der Waals surface area contributed by atoms with Gasteiger partial charge >= 0.3 is 0 Å². The third kappa shape index (κ3) is 4.57. The SMILES string of the molecule is CCC(C)C(C)(O)CNC(=O)c1cccc(CN2CCCC2=O)c1. The van der Waals surface area contributed by atoms with E-state index in [1.54, 1.807) is 13.0 Å². The number of hydrogen-bond donors (Lipinski definition) is 2. The highest BCUT2D eigenvalue weighted by Gasteiger charge is 2.27. The van der Waals surface area contributed by atoms with Gasteiger partial charge in [-0.25, -0.2) is 0 Å². The Balaban J connectivity index is 1.97. The molecule has 2 unspecified atom stereocenters. The molecule has 1 heterocycles. The molecular weight excluding hydrogens is 304 g/mol. The highest BCUT2D eigenvalue weighted by atomic mass is 16.3. The maximum atomic E-state index is 12.4. The first-order valence-corrected chi connectivity index (χ1v) is 8.70. The normalized spacial score (nSPS) is 18.3. The minimum atomic E-state index is -0.927. The van der Waals surface area contributed by atoms with Gasteiger partial charge in [-0.15, -0.1) is 0 Å². The second kappa shape index (κ2) is 7.79. The Hall–Kier alpha value is -1.88. The van der Waals surface area contributed by atoms with E-state index in [4.69, 9.17) is 0 Å². The summed E-state index contributed by atoms with van der Waals surface area (Å²) in [4.78, 5) is 25.9. The number of amides is 2. The van der Waals surface area contributed by atoms with Gasteiger partial charge in [0.1, 0.15) is 0 Å². The summed E-state index contributed by atoms with van der Waals surface area (Å²) in [5.74, 6) is 0.0768. The molecule has 2 atom stereocenters. The van der Waals surface area contributed by atoms with Gasteiger partial charge < -0.3 is 15.3 Å². The molecule has 1 fully saturated rings.